The molecule has 6 nitrogen and oxygen atoms in total. The Morgan fingerprint density at radius 3 is 2.40 bits per heavy atom. The van der Waals surface area contributed by atoms with Crippen LogP contribution in [0, 0.1) is 6.92 Å². The lowest BCUT2D eigenvalue weighted by atomic mass is 10.1. The highest BCUT2D eigenvalue weighted by Gasteiger charge is 2.30. The van der Waals surface area contributed by atoms with E-state index >= 15 is 0 Å². The number of rotatable bonds is 6. The molecular weight excluding hydrogens is 343 g/mol. The molecule has 0 fully saturated rings. The molecule has 0 unspecified atom stereocenters. The average molecular weight is 357 g/mol. The van der Waals surface area contributed by atoms with Crippen LogP contribution in [0.3, 0.4) is 0 Å². The van der Waals surface area contributed by atoms with Crippen LogP contribution < -0.4 is 10.1 Å². The largest absolute Gasteiger partial charge is 0.573 e. The van der Waals surface area contributed by atoms with E-state index in [0.29, 0.717) is 5.56 Å². The number of amides is 1. The van der Waals surface area contributed by atoms with Gasteiger partial charge in [0.2, 0.25) is 5.91 Å². The van der Waals surface area contributed by atoms with Crippen molar-refractivity contribution >= 4 is 11.9 Å². The normalized spacial score (nSPS) is 11.2. The lowest BCUT2D eigenvalue weighted by molar-refractivity contribution is -0.274. The molecule has 1 amide bonds. The fourth-order valence-corrected chi connectivity index (χ4v) is 2.09. The van der Waals surface area contributed by atoms with Crippen LogP contribution in [0.4, 0.5) is 13.2 Å². The van der Waals surface area contributed by atoms with Gasteiger partial charge in [-0.15, -0.1) is 13.2 Å². The van der Waals surface area contributed by atoms with E-state index in [-0.39, 0.29) is 35.8 Å². The number of furan rings is 1. The predicted molar refractivity (Wildman–Crippen MR) is 79.1 cm³/mol. The molecule has 134 valence electrons. The van der Waals surface area contributed by atoms with Crippen LogP contribution in [-0.2, 0) is 17.8 Å². The maximum absolute atomic E-state index is 12.1. The van der Waals surface area contributed by atoms with Gasteiger partial charge < -0.3 is 19.6 Å². The van der Waals surface area contributed by atoms with E-state index in [0.717, 1.165) is 12.1 Å². The van der Waals surface area contributed by atoms with Crippen molar-refractivity contribution in [2.45, 2.75) is 26.3 Å². The van der Waals surface area contributed by atoms with Crippen LogP contribution in [0.2, 0.25) is 0 Å². The number of hydrogen-bond donors (Lipinski definition) is 2. The van der Waals surface area contributed by atoms with Crippen LogP contribution >= 0.6 is 0 Å². The molecule has 0 spiro atoms. The minimum absolute atomic E-state index is 0.00220. The Morgan fingerprint density at radius 2 is 1.88 bits per heavy atom. The van der Waals surface area contributed by atoms with Crippen molar-refractivity contribution < 1.29 is 37.0 Å². The number of carbonyl (C=O) groups is 2. The van der Waals surface area contributed by atoms with Crippen molar-refractivity contribution in [1.82, 2.24) is 5.32 Å². The summed E-state index contributed by atoms with van der Waals surface area (Å²) in [5.74, 6) is -1.37. The van der Waals surface area contributed by atoms with E-state index in [2.05, 4.69) is 10.1 Å². The first-order chi connectivity index (χ1) is 11.6. The van der Waals surface area contributed by atoms with E-state index in [1.54, 1.807) is 0 Å². The fraction of sp³-hybridized carbons (Fsp3) is 0.250. The molecule has 0 atom stereocenters. The summed E-state index contributed by atoms with van der Waals surface area (Å²) in [6.07, 6.45) is -4.83. The lowest BCUT2D eigenvalue weighted by Gasteiger charge is -2.09. The van der Waals surface area contributed by atoms with Crippen molar-refractivity contribution in [3.8, 4) is 5.75 Å². The van der Waals surface area contributed by atoms with Crippen LogP contribution in [0.1, 0.15) is 27.4 Å². The van der Waals surface area contributed by atoms with Crippen LogP contribution in [0.25, 0.3) is 0 Å². The maximum Gasteiger partial charge on any atom is 0.573 e. The van der Waals surface area contributed by atoms with E-state index in [1.807, 2.05) is 0 Å². The summed E-state index contributed by atoms with van der Waals surface area (Å²) < 4.78 is 45.1. The number of aromatic carboxylic acids is 1. The Hall–Kier alpha value is -2.97. The highest BCUT2D eigenvalue weighted by molar-refractivity contribution is 5.88. The van der Waals surface area contributed by atoms with Gasteiger partial charge >= 0.3 is 12.3 Å². The molecule has 1 heterocycles. The Kier molecular flexibility index (Phi) is 5.35. The van der Waals surface area contributed by atoms with Gasteiger partial charge in [-0.3, -0.25) is 4.79 Å². The molecule has 2 N–H and O–H groups in total. The van der Waals surface area contributed by atoms with Crippen LogP contribution in [0.15, 0.2) is 34.7 Å². The Balaban J connectivity index is 1.88. The van der Waals surface area contributed by atoms with Gasteiger partial charge in [0.15, 0.2) is 0 Å². The summed E-state index contributed by atoms with van der Waals surface area (Å²) in [5.41, 5.74) is 0.512. The number of carboxylic acids is 1. The smallest absolute Gasteiger partial charge is 0.478 e. The summed E-state index contributed by atoms with van der Waals surface area (Å²) >= 11 is 0. The average Bonchev–Trinajstić information content (AvgIpc) is 2.87. The van der Waals surface area contributed by atoms with E-state index in [4.69, 9.17) is 9.52 Å². The molecule has 0 radical (unpaired) electrons. The van der Waals surface area contributed by atoms with Crippen molar-refractivity contribution in [3.05, 3.63) is 53.0 Å². The number of alkyl halides is 3. The topological polar surface area (TPSA) is 88.8 Å². The van der Waals surface area contributed by atoms with Crippen LogP contribution in [0.5, 0.6) is 5.75 Å². The molecule has 1 aromatic carbocycles. The summed E-state index contributed by atoms with van der Waals surface area (Å²) in [7, 11) is 0. The van der Waals surface area contributed by atoms with Gasteiger partial charge in [0.1, 0.15) is 22.8 Å². The number of ether oxygens (including phenoxy) is 1. The van der Waals surface area contributed by atoms with E-state index in [1.165, 1.54) is 25.1 Å². The van der Waals surface area contributed by atoms with Gasteiger partial charge in [0.25, 0.3) is 0 Å². The zero-order valence-corrected chi connectivity index (χ0v) is 13.0. The number of benzene rings is 1. The Morgan fingerprint density at radius 1 is 1.24 bits per heavy atom. The first kappa shape index (κ1) is 18.4. The monoisotopic (exact) mass is 357 g/mol. The third-order valence-corrected chi connectivity index (χ3v) is 3.18. The predicted octanol–water partition coefficient (Wildman–Crippen LogP) is 3.04. The first-order valence-electron chi connectivity index (χ1n) is 7.08. The highest BCUT2D eigenvalue weighted by atomic mass is 19.4. The third kappa shape index (κ3) is 5.55. The molecule has 0 saturated heterocycles. The molecule has 25 heavy (non-hydrogen) atoms. The molecule has 0 aliphatic rings. The number of carboxylic acid groups (broad SMARTS) is 1. The summed E-state index contributed by atoms with van der Waals surface area (Å²) in [4.78, 5) is 22.7. The number of carbonyl (C=O) groups excluding carboxylic acids is 1. The first-order valence-corrected chi connectivity index (χ1v) is 7.08. The van der Waals surface area contributed by atoms with Crippen molar-refractivity contribution in [2.24, 2.45) is 0 Å². The van der Waals surface area contributed by atoms with Gasteiger partial charge in [0, 0.05) is 0 Å². The minimum Gasteiger partial charge on any atom is -0.478 e. The number of aryl methyl sites for hydroxylation is 1. The quantitative estimate of drug-likeness (QED) is 0.830. The Bertz CT molecular complexity index is 765. The van der Waals surface area contributed by atoms with E-state index < -0.39 is 18.2 Å². The van der Waals surface area contributed by atoms with Gasteiger partial charge in [-0.05, 0) is 30.7 Å². The second kappa shape index (κ2) is 7.29. The number of nitrogens with one attached hydrogen (secondary N) is 1. The molecule has 0 saturated carbocycles. The second-order valence-electron chi connectivity index (χ2n) is 5.13. The maximum atomic E-state index is 12.1. The van der Waals surface area contributed by atoms with Gasteiger partial charge in [0.05, 0.1) is 13.0 Å². The van der Waals surface area contributed by atoms with Crippen LogP contribution in [-0.4, -0.2) is 23.3 Å². The van der Waals surface area contributed by atoms with Crippen molar-refractivity contribution in [1.29, 1.82) is 0 Å². The fourth-order valence-electron chi connectivity index (χ4n) is 2.09. The molecule has 9 heteroatoms. The lowest BCUT2D eigenvalue weighted by Crippen LogP contribution is -2.24. The van der Waals surface area contributed by atoms with Crippen molar-refractivity contribution in [2.75, 3.05) is 0 Å². The molecule has 0 bridgehead atoms. The molecule has 2 aromatic rings. The van der Waals surface area contributed by atoms with E-state index in [9.17, 15) is 22.8 Å². The summed E-state index contributed by atoms with van der Waals surface area (Å²) in [6.45, 7) is 1.50. The summed E-state index contributed by atoms with van der Waals surface area (Å²) in [6, 6.07) is 6.25. The zero-order valence-electron chi connectivity index (χ0n) is 13.0. The summed E-state index contributed by atoms with van der Waals surface area (Å²) in [5, 5.41) is 11.5. The SMILES string of the molecule is Cc1oc(CNC(=O)Cc2ccc(OC(F)(F)F)cc2)cc1C(=O)O. The zero-order chi connectivity index (χ0) is 18.6. The third-order valence-electron chi connectivity index (χ3n) is 3.18. The molecule has 2 rings (SSSR count). The molecular formula is C16H14F3NO5. The van der Waals surface area contributed by atoms with Gasteiger partial charge in [-0.1, -0.05) is 12.1 Å². The van der Waals surface area contributed by atoms with Gasteiger partial charge in [-0.25, -0.2) is 4.79 Å². The highest BCUT2D eigenvalue weighted by Crippen LogP contribution is 2.22. The second-order valence-corrected chi connectivity index (χ2v) is 5.13. The molecule has 0 aliphatic heterocycles. The number of halogens is 3. The minimum atomic E-state index is -4.77. The number of hydrogen-bond acceptors (Lipinski definition) is 4. The van der Waals surface area contributed by atoms with Crippen molar-refractivity contribution in [3.63, 3.8) is 0 Å². The standard InChI is InChI=1S/C16H14F3NO5/c1-9-13(15(22)23)7-12(24-9)8-20-14(21)6-10-2-4-11(5-3-10)25-16(17,18)19/h2-5,7H,6,8H2,1H3,(H,20,21)(H,22,23). The van der Waals surface area contributed by atoms with Gasteiger partial charge in [-0.2, -0.15) is 0 Å². The molecule has 0 aliphatic carbocycles. The molecule has 1 aromatic heterocycles. The Labute approximate surface area is 140 Å².